The van der Waals surface area contributed by atoms with Crippen LogP contribution in [-0.4, -0.2) is 94.0 Å². The highest BCUT2D eigenvalue weighted by Crippen LogP contribution is 2.29. The van der Waals surface area contributed by atoms with E-state index in [0.717, 1.165) is 12.8 Å². The number of fused-ring (bicyclic) bond motifs is 3. The zero-order chi connectivity index (χ0) is 24.8. The van der Waals surface area contributed by atoms with Crippen LogP contribution in [-0.2, 0) is 19.0 Å². The summed E-state index contributed by atoms with van der Waals surface area (Å²) in [5, 5.41) is 9.66. The number of hydrogen-bond acceptors (Lipinski definition) is 7. The van der Waals surface area contributed by atoms with E-state index in [4.69, 9.17) is 18.9 Å². The number of rotatable bonds is 2. The van der Waals surface area contributed by atoms with Gasteiger partial charge in [-0.1, -0.05) is 13.0 Å². The summed E-state index contributed by atoms with van der Waals surface area (Å²) in [4.78, 5) is 29.7. The topological polar surface area (TPSA) is 101 Å². The molecule has 1 fully saturated rings. The molecule has 2 heterocycles. The lowest BCUT2D eigenvalue weighted by atomic mass is 9.98. The van der Waals surface area contributed by atoms with Gasteiger partial charge in [-0.05, 0) is 31.4 Å². The van der Waals surface area contributed by atoms with Crippen molar-refractivity contribution in [3.63, 3.8) is 0 Å². The van der Waals surface area contributed by atoms with Gasteiger partial charge in [0.25, 0.3) is 5.91 Å². The third-order valence-electron chi connectivity index (χ3n) is 6.83. The first-order valence-electron chi connectivity index (χ1n) is 11.7. The van der Waals surface area contributed by atoms with E-state index < -0.39 is 12.0 Å². The van der Waals surface area contributed by atoms with Gasteiger partial charge in [0.2, 0.25) is 5.91 Å². The molecule has 1 saturated heterocycles. The van der Waals surface area contributed by atoms with Crippen molar-refractivity contribution in [3.8, 4) is 11.8 Å². The third-order valence-corrected chi connectivity index (χ3v) is 6.83. The highest BCUT2D eigenvalue weighted by atomic mass is 16.6. The molecule has 0 aromatic heterocycles. The van der Waals surface area contributed by atoms with Gasteiger partial charge in [0.15, 0.2) is 0 Å². The van der Waals surface area contributed by atoms with Gasteiger partial charge in [0, 0.05) is 41.4 Å². The van der Waals surface area contributed by atoms with Crippen LogP contribution in [0.3, 0.4) is 0 Å². The molecule has 2 aliphatic heterocycles. The Hall–Kier alpha value is -2.67. The molecule has 9 heteroatoms. The Bertz CT molecular complexity index is 916. The van der Waals surface area contributed by atoms with Crippen LogP contribution in [0.25, 0.3) is 0 Å². The molecule has 34 heavy (non-hydrogen) atoms. The molecule has 2 bridgehead atoms. The Morgan fingerprint density at radius 1 is 1.06 bits per heavy atom. The molecule has 0 N–H and O–H groups in total. The van der Waals surface area contributed by atoms with Crippen molar-refractivity contribution in [3.05, 3.63) is 29.3 Å². The summed E-state index contributed by atoms with van der Waals surface area (Å²) >= 11 is 0. The van der Waals surface area contributed by atoms with Crippen LogP contribution in [0.4, 0.5) is 0 Å². The zero-order valence-electron chi connectivity index (χ0n) is 20.7. The van der Waals surface area contributed by atoms with Crippen molar-refractivity contribution >= 4 is 11.8 Å². The number of ether oxygens (including phenoxy) is 4. The Morgan fingerprint density at radius 3 is 2.47 bits per heavy atom. The van der Waals surface area contributed by atoms with Crippen molar-refractivity contribution < 1.29 is 28.5 Å². The molecule has 0 spiro atoms. The summed E-state index contributed by atoms with van der Waals surface area (Å²) in [6.07, 6.45) is 1.25. The van der Waals surface area contributed by atoms with Gasteiger partial charge in [0.1, 0.15) is 24.5 Å². The number of amides is 2. The average Bonchev–Trinajstić information content (AvgIpc) is 2.86. The van der Waals surface area contributed by atoms with E-state index in [1.54, 1.807) is 44.3 Å². The van der Waals surface area contributed by atoms with Crippen LogP contribution in [0.2, 0.25) is 0 Å². The first-order valence-corrected chi connectivity index (χ1v) is 11.7. The smallest absolute Gasteiger partial charge is 0.257 e. The van der Waals surface area contributed by atoms with Crippen LogP contribution in [0, 0.1) is 17.2 Å². The predicted molar refractivity (Wildman–Crippen MR) is 125 cm³/mol. The molecule has 1 aromatic carbocycles. The molecule has 0 unspecified atom stereocenters. The van der Waals surface area contributed by atoms with Crippen LogP contribution in [0.15, 0.2) is 18.2 Å². The molecule has 0 aliphatic carbocycles. The number of nitrogens with zero attached hydrogens (tertiary/aromatic N) is 3. The number of nitriles is 1. The molecule has 3 rings (SSSR count). The second-order valence-electron chi connectivity index (χ2n) is 9.05. The molecule has 1 aromatic rings. The van der Waals surface area contributed by atoms with Crippen LogP contribution in [0.1, 0.15) is 42.1 Å². The lowest BCUT2D eigenvalue weighted by molar-refractivity contribution is -0.147. The number of carbonyl (C=O) groups is 2. The molecule has 0 radical (unpaired) electrons. The molecule has 186 valence electrons. The standard InChI is InChI=1S/C25H35N3O6/c1-16-21(32-5)14-28(3)25(30)19-8-6-7-17(13-26)23(19)33-15-22-20(31-4)10-9-18(34-22)11-12-27(2)24(16)29/h6-8,16,18,20-22H,9-12,14-15H2,1-5H3/t16-,18+,20+,21-,22-/m1/s1. The third kappa shape index (κ3) is 5.69. The van der Waals surface area contributed by atoms with Crippen molar-refractivity contribution in [2.45, 2.75) is 50.6 Å². The van der Waals surface area contributed by atoms with Crippen molar-refractivity contribution in [1.82, 2.24) is 9.80 Å². The quantitative estimate of drug-likeness (QED) is 0.648. The fraction of sp³-hybridized carbons (Fsp3) is 0.640. The Balaban J connectivity index is 1.98. The normalized spacial score (nSPS) is 29.2. The second-order valence-corrected chi connectivity index (χ2v) is 9.05. The summed E-state index contributed by atoms with van der Waals surface area (Å²) in [5.41, 5.74) is 0.552. The Kier molecular flexibility index (Phi) is 8.89. The van der Waals surface area contributed by atoms with Crippen molar-refractivity contribution in [1.29, 1.82) is 5.26 Å². The second kappa shape index (κ2) is 11.6. The molecule has 2 amide bonds. The number of carbonyl (C=O) groups excluding carboxylic acids is 2. The summed E-state index contributed by atoms with van der Waals surface area (Å²) in [6.45, 7) is 2.72. The van der Waals surface area contributed by atoms with E-state index in [1.807, 2.05) is 6.92 Å². The van der Waals surface area contributed by atoms with E-state index >= 15 is 0 Å². The Labute approximate surface area is 201 Å². The average molecular weight is 474 g/mol. The highest BCUT2D eigenvalue weighted by Gasteiger charge is 2.34. The van der Waals surface area contributed by atoms with Crippen LogP contribution in [0.5, 0.6) is 5.75 Å². The number of hydrogen-bond donors (Lipinski definition) is 0. The van der Waals surface area contributed by atoms with Crippen LogP contribution < -0.4 is 4.74 Å². The number of likely N-dealkylation sites (N-methyl/N-ethyl adjacent to an activating group) is 1. The van der Waals surface area contributed by atoms with Gasteiger partial charge in [-0.15, -0.1) is 0 Å². The molecule has 5 atom stereocenters. The van der Waals surface area contributed by atoms with Gasteiger partial charge in [-0.3, -0.25) is 9.59 Å². The maximum absolute atomic E-state index is 13.4. The summed E-state index contributed by atoms with van der Waals surface area (Å²) in [6, 6.07) is 7.04. The number of benzene rings is 1. The fourth-order valence-electron chi connectivity index (χ4n) is 4.63. The monoisotopic (exact) mass is 473 g/mol. The number of para-hydroxylation sites is 1. The SMILES string of the molecule is CO[C@H]1CC[C@H]2CCN(C)C(=O)[C@H](C)[C@H](OC)CN(C)C(=O)c3cccc(C#N)c3OC[C@H]1O2. The van der Waals surface area contributed by atoms with Gasteiger partial charge in [-0.25, -0.2) is 0 Å². The largest absolute Gasteiger partial charge is 0.489 e. The minimum Gasteiger partial charge on any atom is -0.489 e. The summed E-state index contributed by atoms with van der Waals surface area (Å²) < 4.78 is 23.6. The lowest BCUT2D eigenvalue weighted by Crippen LogP contribution is -2.47. The maximum atomic E-state index is 13.4. The first kappa shape index (κ1) is 25.9. The van der Waals surface area contributed by atoms with Gasteiger partial charge >= 0.3 is 0 Å². The minimum absolute atomic E-state index is 0.0441. The van der Waals surface area contributed by atoms with E-state index in [1.165, 1.54) is 12.0 Å². The van der Waals surface area contributed by atoms with Crippen LogP contribution >= 0.6 is 0 Å². The molecule has 9 nitrogen and oxygen atoms in total. The summed E-state index contributed by atoms with van der Waals surface area (Å²) in [7, 11) is 6.61. The summed E-state index contributed by atoms with van der Waals surface area (Å²) in [5.74, 6) is -0.582. The lowest BCUT2D eigenvalue weighted by Gasteiger charge is -2.37. The van der Waals surface area contributed by atoms with Gasteiger partial charge in [0.05, 0.1) is 35.4 Å². The molecular formula is C25H35N3O6. The van der Waals surface area contributed by atoms with E-state index in [0.29, 0.717) is 13.0 Å². The zero-order valence-corrected chi connectivity index (χ0v) is 20.7. The Morgan fingerprint density at radius 2 is 1.79 bits per heavy atom. The van der Waals surface area contributed by atoms with E-state index in [9.17, 15) is 14.9 Å². The maximum Gasteiger partial charge on any atom is 0.257 e. The first-order chi connectivity index (χ1) is 16.3. The van der Waals surface area contributed by atoms with E-state index in [2.05, 4.69) is 6.07 Å². The predicted octanol–water partition coefficient (Wildman–Crippen LogP) is 2.08. The van der Waals surface area contributed by atoms with E-state index in [-0.39, 0.29) is 60.2 Å². The minimum atomic E-state index is -0.488. The fourth-order valence-corrected chi connectivity index (χ4v) is 4.63. The molecular weight excluding hydrogens is 438 g/mol. The highest BCUT2D eigenvalue weighted by molar-refractivity contribution is 5.97. The molecule has 0 saturated carbocycles. The van der Waals surface area contributed by atoms with Crippen molar-refractivity contribution in [2.24, 2.45) is 5.92 Å². The van der Waals surface area contributed by atoms with Gasteiger partial charge < -0.3 is 28.7 Å². The van der Waals surface area contributed by atoms with Gasteiger partial charge in [-0.2, -0.15) is 5.26 Å². The molecule has 2 aliphatic rings. The van der Waals surface area contributed by atoms with Crippen molar-refractivity contribution in [2.75, 3.05) is 48.0 Å². The number of methoxy groups -OCH3 is 2.